The van der Waals surface area contributed by atoms with Gasteiger partial charge in [0.05, 0.1) is 6.54 Å². The van der Waals surface area contributed by atoms with Gasteiger partial charge in [-0.05, 0) is 29.7 Å². The van der Waals surface area contributed by atoms with Crippen LogP contribution in [0.15, 0.2) is 22.5 Å². The number of hydrogen-bond donors (Lipinski definition) is 2. The second-order valence-corrected chi connectivity index (χ2v) is 6.63. The predicted octanol–water partition coefficient (Wildman–Crippen LogP) is 3.24. The van der Waals surface area contributed by atoms with E-state index in [4.69, 9.17) is 0 Å². The molecule has 18 heavy (non-hydrogen) atoms. The van der Waals surface area contributed by atoms with E-state index in [2.05, 4.69) is 53.9 Å². The summed E-state index contributed by atoms with van der Waals surface area (Å²) in [5.41, 5.74) is 0.412. The van der Waals surface area contributed by atoms with Gasteiger partial charge in [-0.1, -0.05) is 26.8 Å². The molecule has 0 atom stereocenters. The molecular weight excluding hydrogens is 242 g/mol. The smallest absolute Gasteiger partial charge is 0.191 e. The standard InChI is InChI=1S/C14H25N3S/c1-14(2,3)8-6-9-16-13(15-4)17-11-12-7-5-10-18-12/h5,7,10H,6,8-9,11H2,1-4H3,(H2,15,16,17). The lowest BCUT2D eigenvalue weighted by atomic mass is 9.91. The van der Waals surface area contributed by atoms with Crippen molar-refractivity contribution in [3.8, 4) is 0 Å². The van der Waals surface area contributed by atoms with Crippen molar-refractivity contribution in [3.63, 3.8) is 0 Å². The molecule has 1 rings (SSSR count). The number of rotatable bonds is 5. The lowest BCUT2D eigenvalue weighted by Gasteiger charge is -2.18. The first kappa shape index (κ1) is 15.0. The van der Waals surface area contributed by atoms with Gasteiger partial charge in [-0.2, -0.15) is 0 Å². The lowest BCUT2D eigenvalue weighted by molar-refractivity contribution is 0.365. The Hall–Kier alpha value is -1.03. The molecule has 0 spiro atoms. The summed E-state index contributed by atoms with van der Waals surface area (Å²) in [4.78, 5) is 5.55. The second kappa shape index (κ2) is 7.41. The number of thiophene rings is 1. The van der Waals surface area contributed by atoms with Gasteiger partial charge in [-0.3, -0.25) is 4.99 Å². The number of nitrogens with zero attached hydrogens (tertiary/aromatic N) is 1. The highest BCUT2D eigenvalue weighted by Gasteiger charge is 2.09. The molecule has 1 aromatic rings. The van der Waals surface area contributed by atoms with Gasteiger partial charge in [0.2, 0.25) is 0 Å². The van der Waals surface area contributed by atoms with Crippen LogP contribution in [0.2, 0.25) is 0 Å². The molecule has 2 N–H and O–H groups in total. The Morgan fingerprint density at radius 3 is 2.67 bits per heavy atom. The first-order valence-electron chi connectivity index (χ1n) is 6.48. The Bertz CT molecular complexity index is 350. The van der Waals surface area contributed by atoms with E-state index < -0.39 is 0 Å². The van der Waals surface area contributed by atoms with E-state index in [1.165, 1.54) is 17.7 Å². The second-order valence-electron chi connectivity index (χ2n) is 5.60. The molecule has 0 amide bonds. The highest BCUT2D eigenvalue weighted by molar-refractivity contribution is 7.09. The maximum absolute atomic E-state index is 4.22. The molecule has 0 aliphatic rings. The van der Waals surface area contributed by atoms with Crippen LogP contribution < -0.4 is 10.6 Å². The van der Waals surface area contributed by atoms with Gasteiger partial charge < -0.3 is 10.6 Å². The zero-order valence-corrected chi connectivity index (χ0v) is 12.7. The zero-order valence-electron chi connectivity index (χ0n) is 11.9. The SMILES string of the molecule is CN=C(NCCCC(C)(C)C)NCc1cccs1. The minimum absolute atomic E-state index is 0.412. The minimum Gasteiger partial charge on any atom is -0.356 e. The summed E-state index contributed by atoms with van der Waals surface area (Å²) in [6, 6.07) is 4.20. The molecule has 1 heterocycles. The van der Waals surface area contributed by atoms with E-state index >= 15 is 0 Å². The van der Waals surface area contributed by atoms with E-state index in [1.54, 1.807) is 11.3 Å². The van der Waals surface area contributed by atoms with E-state index in [0.29, 0.717) is 5.41 Å². The van der Waals surface area contributed by atoms with Gasteiger partial charge in [-0.25, -0.2) is 0 Å². The van der Waals surface area contributed by atoms with Crippen molar-refractivity contribution >= 4 is 17.3 Å². The van der Waals surface area contributed by atoms with Crippen LogP contribution in [-0.4, -0.2) is 19.6 Å². The van der Waals surface area contributed by atoms with Crippen LogP contribution in [0.3, 0.4) is 0 Å². The number of hydrogen-bond acceptors (Lipinski definition) is 2. The number of guanidine groups is 1. The molecule has 0 aromatic carbocycles. The molecular formula is C14H25N3S. The van der Waals surface area contributed by atoms with Gasteiger partial charge >= 0.3 is 0 Å². The maximum Gasteiger partial charge on any atom is 0.191 e. The fourth-order valence-electron chi connectivity index (χ4n) is 1.63. The van der Waals surface area contributed by atoms with Crippen LogP contribution in [-0.2, 0) is 6.54 Å². The molecule has 0 bridgehead atoms. The average molecular weight is 267 g/mol. The van der Waals surface area contributed by atoms with Gasteiger partial charge in [0.15, 0.2) is 5.96 Å². The topological polar surface area (TPSA) is 36.4 Å². The van der Waals surface area contributed by atoms with E-state index in [1.807, 2.05) is 7.05 Å². The summed E-state index contributed by atoms with van der Waals surface area (Å²) in [6.45, 7) is 8.64. The Labute approximate surface area is 115 Å². The maximum atomic E-state index is 4.22. The Balaban J connectivity index is 2.18. The van der Waals surface area contributed by atoms with Crippen molar-refractivity contribution in [2.75, 3.05) is 13.6 Å². The molecule has 0 unspecified atom stereocenters. The molecule has 0 aliphatic heterocycles. The zero-order chi connectivity index (χ0) is 13.4. The summed E-state index contributed by atoms with van der Waals surface area (Å²) in [5, 5.41) is 8.76. The monoisotopic (exact) mass is 267 g/mol. The minimum atomic E-state index is 0.412. The largest absolute Gasteiger partial charge is 0.356 e. The molecule has 3 nitrogen and oxygen atoms in total. The Morgan fingerprint density at radius 2 is 2.11 bits per heavy atom. The number of nitrogens with one attached hydrogen (secondary N) is 2. The van der Waals surface area contributed by atoms with Gasteiger partial charge in [-0.15, -0.1) is 11.3 Å². The van der Waals surface area contributed by atoms with Crippen LogP contribution in [0.1, 0.15) is 38.5 Å². The van der Waals surface area contributed by atoms with Crippen molar-refractivity contribution in [3.05, 3.63) is 22.4 Å². The van der Waals surface area contributed by atoms with Gasteiger partial charge in [0, 0.05) is 18.5 Å². The quantitative estimate of drug-likeness (QED) is 0.488. The van der Waals surface area contributed by atoms with Crippen LogP contribution in [0.25, 0.3) is 0 Å². The van der Waals surface area contributed by atoms with Crippen molar-refractivity contribution in [1.82, 2.24) is 10.6 Å². The number of aliphatic imine (C=N–C) groups is 1. The third kappa shape index (κ3) is 6.64. The van der Waals surface area contributed by atoms with Crippen molar-refractivity contribution in [2.45, 2.75) is 40.2 Å². The van der Waals surface area contributed by atoms with Gasteiger partial charge in [0.1, 0.15) is 0 Å². The van der Waals surface area contributed by atoms with Crippen LogP contribution in [0.4, 0.5) is 0 Å². The fraction of sp³-hybridized carbons (Fsp3) is 0.643. The summed E-state index contributed by atoms with van der Waals surface area (Å²) in [5.74, 6) is 0.886. The molecule has 4 heteroatoms. The predicted molar refractivity (Wildman–Crippen MR) is 81.2 cm³/mol. The summed E-state index contributed by atoms with van der Waals surface area (Å²) < 4.78 is 0. The molecule has 0 aliphatic carbocycles. The van der Waals surface area contributed by atoms with Crippen molar-refractivity contribution in [2.24, 2.45) is 10.4 Å². The van der Waals surface area contributed by atoms with Crippen LogP contribution in [0.5, 0.6) is 0 Å². The Morgan fingerprint density at radius 1 is 1.33 bits per heavy atom. The van der Waals surface area contributed by atoms with Gasteiger partial charge in [0.25, 0.3) is 0 Å². The van der Waals surface area contributed by atoms with Crippen molar-refractivity contribution < 1.29 is 0 Å². The van der Waals surface area contributed by atoms with E-state index in [0.717, 1.165) is 19.0 Å². The highest BCUT2D eigenvalue weighted by Crippen LogP contribution is 2.19. The fourth-order valence-corrected chi connectivity index (χ4v) is 2.27. The molecule has 0 radical (unpaired) electrons. The average Bonchev–Trinajstić information content (AvgIpc) is 2.79. The van der Waals surface area contributed by atoms with Crippen LogP contribution in [0, 0.1) is 5.41 Å². The van der Waals surface area contributed by atoms with Crippen LogP contribution >= 0.6 is 11.3 Å². The summed E-state index contributed by atoms with van der Waals surface area (Å²) >= 11 is 1.76. The molecule has 0 saturated heterocycles. The summed E-state index contributed by atoms with van der Waals surface area (Å²) in [6.07, 6.45) is 2.39. The summed E-state index contributed by atoms with van der Waals surface area (Å²) in [7, 11) is 1.81. The molecule has 0 fully saturated rings. The molecule has 102 valence electrons. The van der Waals surface area contributed by atoms with E-state index in [-0.39, 0.29) is 0 Å². The third-order valence-electron chi connectivity index (χ3n) is 2.63. The molecule has 1 aromatic heterocycles. The first-order chi connectivity index (χ1) is 8.51. The lowest BCUT2D eigenvalue weighted by Crippen LogP contribution is -2.37. The molecule has 0 saturated carbocycles. The highest BCUT2D eigenvalue weighted by atomic mass is 32.1. The van der Waals surface area contributed by atoms with E-state index in [9.17, 15) is 0 Å². The normalized spacial score (nSPS) is 12.6. The first-order valence-corrected chi connectivity index (χ1v) is 7.36. The Kier molecular flexibility index (Phi) is 6.19. The van der Waals surface area contributed by atoms with Crippen molar-refractivity contribution in [1.29, 1.82) is 0 Å². The third-order valence-corrected chi connectivity index (χ3v) is 3.51.